The second-order valence-corrected chi connectivity index (χ2v) is 3.78. The highest BCUT2D eigenvalue weighted by Gasteiger charge is 2.02. The zero-order valence-corrected chi connectivity index (χ0v) is 9.08. The lowest BCUT2D eigenvalue weighted by atomic mass is 10.6. The molecule has 0 atom stereocenters. The fourth-order valence-corrected chi connectivity index (χ4v) is 1.77. The molecule has 0 bridgehead atoms. The average Bonchev–Trinajstić information content (AvgIpc) is 2.71. The first-order valence-electron chi connectivity index (χ1n) is 4.61. The highest BCUT2D eigenvalue weighted by atomic mass is 32.2. The molecule has 6 heteroatoms. The molecule has 0 aromatic carbocycles. The average molecular weight is 221 g/mol. The smallest absolute Gasteiger partial charge is 0.171 e. The first-order chi connectivity index (χ1) is 7.38. The second kappa shape index (κ2) is 4.79. The van der Waals surface area contributed by atoms with Crippen molar-refractivity contribution in [3.8, 4) is 0 Å². The molecule has 15 heavy (non-hydrogen) atoms. The molecule has 0 aliphatic rings. The Morgan fingerprint density at radius 1 is 1.47 bits per heavy atom. The number of imidazole rings is 1. The first kappa shape index (κ1) is 9.97. The number of rotatable bonds is 4. The fourth-order valence-electron chi connectivity index (χ4n) is 1.07. The molecule has 0 saturated carbocycles. The van der Waals surface area contributed by atoms with Gasteiger partial charge in [0.2, 0.25) is 0 Å². The molecule has 0 radical (unpaired) electrons. The van der Waals surface area contributed by atoms with Crippen LogP contribution in [0.3, 0.4) is 0 Å². The Morgan fingerprint density at radius 2 is 2.40 bits per heavy atom. The molecule has 5 nitrogen and oxygen atoms in total. The summed E-state index contributed by atoms with van der Waals surface area (Å²) in [4.78, 5) is 15.6. The van der Waals surface area contributed by atoms with Gasteiger partial charge in [0.25, 0.3) is 0 Å². The van der Waals surface area contributed by atoms with Crippen LogP contribution in [0.1, 0.15) is 6.92 Å². The molecule has 0 aliphatic heterocycles. The number of nitrogens with zero attached hydrogens (tertiary/aromatic N) is 3. The van der Waals surface area contributed by atoms with E-state index >= 15 is 0 Å². The van der Waals surface area contributed by atoms with E-state index < -0.39 is 0 Å². The summed E-state index contributed by atoms with van der Waals surface area (Å²) < 4.78 is 0. The Hall–Kier alpha value is -1.56. The third-order valence-corrected chi connectivity index (χ3v) is 2.47. The van der Waals surface area contributed by atoms with Crippen LogP contribution in [0.25, 0.3) is 0 Å². The van der Waals surface area contributed by atoms with Crippen LogP contribution in [0.4, 0.5) is 5.82 Å². The van der Waals surface area contributed by atoms with Gasteiger partial charge in [-0.1, -0.05) is 0 Å². The van der Waals surface area contributed by atoms with Gasteiger partial charge >= 0.3 is 0 Å². The normalized spacial score (nSPS) is 10.2. The quantitative estimate of drug-likeness (QED) is 0.823. The summed E-state index contributed by atoms with van der Waals surface area (Å²) in [5, 5.41) is 4.75. The standard InChI is InChI=1S/C9H11N5S/c1-2-11-7-5-10-6-8(14-7)15-9-12-3-4-13-9/h3-6H,2H2,1H3,(H,11,14)(H,12,13). The molecule has 0 fully saturated rings. The first-order valence-corrected chi connectivity index (χ1v) is 5.43. The fraction of sp³-hybridized carbons (Fsp3) is 0.222. The highest BCUT2D eigenvalue weighted by Crippen LogP contribution is 2.22. The van der Waals surface area contributed by atoms with Crippen LogP contribution in [0.2, 0.25) is 0 Å². The molecular weight excluding hydrogens is 210 g/mol. The molecule has 2 heterocycles. The SMILES string of the molecule is CCNc1cncc(Sc2ncc[nH]2)n1. The molecule has 78 valence electrons. The van der Waals surface area contributed by atoms with Crippen molar-refractivity contribution in [3.63, 3.8) is 0 Å². The molecular formula is C9H11N5S. The van der Waals surface area contributed by atoms with Crippen molar-refractivity contribution >= 4 is 17.6 Å². The molecule has 0 aliphatic carbocycles. The third-order valence-electron chi connectivity index (χ3n) is 1.64. The Bertz CT molecular complexity index is 414. The number of aromatic nitrogens is 4. The monoisotopic (exact) mass is 221 g/mol. The van der Waals surface area contributed by atoms with Gasteiger partial charge in [0, 0.05) is 18.9 Å². The van der Waals surface area contributed by atoms with Gasteiger partial charge in [-0.25, -0.2) is 9.97 Å². The highest BCUT2D eigenvalue weighted by molar-refractivity contribution is 7.99. The predicted molar refractivity (Wildman–Crippen MR) is 58.9 cm³/mol. The van der Waals surface area contributed by atoms with E-state index in [4.69, 9.17) is 0 Å². The van der Waals surface area contributed by atoms with Gasteiger partial charge < -0.3 is 10.3 Å². The van der Waals surface area contributed by atoms with Crippen LogP contribution in [0.5, 0.6) is 0 Å². The molecule has 0 unspecified atom stereocenters. The largest absolute Gasteiger partial charge is 0.369 e. The van der Waals surface area contributed by atoms with Gasteiger partial charge in [-0.15, -0.1) is 0 Å². The van der Waals surface area contributed by atoms with Crippen LogP contribution in [0.15, 0.2) is 35.0 Å². The number of H-pyrrole nitrogens is 1. The van der Waals surface area contributed by atoms with E-state index in [1.54, 1.807) is 24.8 Å². The minimum absolute atomic E-state index is 0.786. The van der Waals surface area contributed by atoms with Gasteiger partial charge in [-0.2, -0.15) is 0 Å². The lowest BCUT2D eigenvalue weighted by Crippen LogP contribution is -2.00. The summed E-state index contributed by atoms with van der Waals surface area (Å²) in [6.07, 6.45) is 6.91. The van der Waals surface area contributed by atoms with Crippen molar-refractivity contribution in [2.24, 2.45) is 0 Å². The Balaban J connectivity index is 2.11. The lowest BCUT2D eigenvalue weighted by Gasteiger charge is -2.02. The maximum absolute atomic E-state index is 4.37. The number of nitrogens with one attached hydrogen (secondary N) is 2. The minimum atomic E-state index is 0.786. The van der Waals surface area contributed by atoms with Crippen LogP contribution in [-0.4, -0.2) is 26.5 Å². The van der Waals surface area contributed by atoms with Gasteiger partial charge in [0.1, 0.15) is 10.8 Å². The van der Waals surface area contributed by atoms with E-state index in [0.717, 1.165) is 22.5 Å². The molecule has 2 rings (SSSR count). The van der Waals surface area contributed by atoms with Crippen molar-refractivity contribution in [1.29, 1.82) is 0 Å². The zero-order chi connectivity index (χ0) is 10.5. The summed E-state index contributed by atoms with van der Waals surface area (Å²) >= 11 is 1.45. The Morgan fingerprint density at radius 3 is 3.13 bits per heavy atom. The van der Waals surface area contributed by atoms with Gasteiger partial charge in [0.15, 0.2) is 5.16 Å². The molecule has 2 aromatic heterocycles. The topological polar surface area (TPSA) is 66.5 Å². The molecule has 0 spiro atoms. The van der Waals surface area contributed by atoms with Gasteiger partial charge in [-0.3, -0.25) is 4.98 Å². The minimum Gasteiger partial charge on any atom is -0.369 e. The van der Waals surface area contributed by atoms with Gasteiger partial charge in [-0.05, 0) is 18.7 Å². The molecule has 2 N–H and O–H groups in total. The van der Waals surface area contributed by atoms with E-state index in [9.17, 15) is 0 Å². The summed E-state index contributed by atoms with van der Waals surface area (Å²) in [5.74, 6) is 0.786. The van der Waals surface area contributed by atoms with E-state index in [-0.39, 0.29) is 0 Å². The van der Waals surface area contributed by atoms with Crippen molar-refractivity contribution in [3.05, 3.63) is 24.8 Å². The Kier molecular flexibility index (Phi) is 3.18. The maximum Gasteiger partial charge on any atom is 0.171 e. The van der Waals surface area contributed by atoms with Crippen molar-refractivity contribution in [2.75, 3.05) is 11.9 Å². The number of aromatic amines is 1. The van der Waals surface area contributed by atoms with E-state index in [0.29, 0.717) is 0 Å². The zero-order valence-electron chi connectivity index (χ0n) is 8.27. The Labute approximate surface area is 91.8 Å². The number of anilines is 1. The lowest BCUT2D eigenvalue weighted by molar-refractivity contribution is 1.01. The van der Waals surface area contributed by atoms with Crippen molar-refractivity contribution in [2.45, 2.75) is 17.1 Å². The summed E-state index contributed by atoms with van der Waals surface area (Å²) in [6.45, 7) is 2.86. The molecule has 0 amide bonds. The van der Waals surface area contributed by atoms with Crippen molar-refractivity contribution in [1.82, 2.24) is 19.9 Å². The molecule has 0 saturated heterocycles. The van der Waals surface area contributed by atoms with E-state index in [1.807, 2.05) is 6.92 Å². The third kappa shape index (κ3) is 2.69. The van der Waals surface area contributed by atoms with Crippen molar-refractivity contribution < 1.29 is 0 Å². The molecule has 2 aromatic rings. The van der Waals surface area contributed by atoms with Crippen LogP contribution in [-0.2, 0) is 0 Å². The van der Waals surface area contributed by atoms with E-state index in [2.05, 4.69) is 25.3 Å². The van der Waals surface area contributed by atoms with E-state index in [1.165, 1.54) is 11.8 Å². The maximum atomic E-state index is 4.37. The number of hydrogen-bond donors (Lipinski definition) is 2. The summed E-state index contributed by atoms with van der Waals surface area (Å²) in [5.41, 5.74) is 0. The number of hydrogen-bond acceptors (Lipinski definition) is 5. The second-order valence-electron chi connectivity index (χ2n) is 2.77. The predicted octanol–water partition coefficient (Wildman–Crippen LogP) is 1.78. The van der Waals surface area contributed by atoms with Crippen LogP contribution < -0.4 is 5.32 Å². The van der Waals surface area contributed by atoms with Crippen LogP contribution in [0, 0.1) is 0 Å². The summed E-state index contributed by atoms with van der Waals surface area (Å²) in [7, 11) is 0. The van der Waals surface area contributed by atoms with Gasteiger partial charge in [0.05, 0.1) is 12.4 Å². The summed E-state index contributed by atoms with van der Waals surface area (Å²) in [6, 6.07) is 0. The van der Waals surface area contributed by atoms with Crippen LogP contribution >= 0.6 is 11.8 Å².